The van der Waals surface area contributed by atoms with Crippen LogP contribution in [0.1, 0.15) is 16.1 Å². The average Bonchev–Trinajstić information content (AvgIpc) is 3.29. The van der Waals surface area contributed by atoms with E-state index in [1.165, 1.54) is 11.3 Å². The number of amides is 1. The molecule has 3 rings (SSSR count). The third-order valence-electron chi connectivity index (χ3n) is 3.52. The summed E-state index contributed by atoms with van der Waals surface area (Å²) in [5.74, 6) is 0.565. The largest absolute Gasteiger partial charge is 0.462 e. The van der Waals surface area contributed by atoms with Gasteiger partial charge >= 0.3 is 0 Å². The van der Waals surface area contributed by atoms with Crippen LogP contribution in [0.25, 0.3) is 10.8 Å². The number of thiazole rings is 1. The number of hydrogen-bond donors (Lipinski definition) is 0. The van der Waals surface area contributed by atoms with Gasteiger partial charge in [0.2, 0.25) is 0 Å². The van der Waals surface area contributed by atoms with E-state index < -0.39 is 0 Å². The lowest BCUT2D eigenvalue weighted by atomic mass is 10.2. The van der Waals surface area contributed by atoms with Crippen molar-refractivity contribution in [3.8, 4) is 10.8 Å². The van der Waals surface area contributed by atoms with E-state index in [1.54, 1.807) is 29.7 Å². The molecule has 0 aliphatic rings. The number of carbonyl (C=O) groups excluding carboxylic acids is 1. The van der Waals surface area contributed by atoms with Crippen molar-refractivity contribution < 1.29 is 13.9 Å². The van der Waals surface area contributed by atoms with Gasteiger partial charge in [0.25, 0.3) is 5.91 Å². The zero-order valence-corrected chi connectivity index (χ0v) is 14.2. The Bertz CT molecular complexity index is 769. The van der Waals surface area contributed by atoms with Crippen molar-refractivity contribution in [2.45, 2.75) is 6.54 Å². The molecule has 24 heavy (non-hydrogen) atoms. The fourth-order valence-electron chi connectivity index (χ4n) is 2.31. The number of benzene rings is 1. The average molecular weight is 342 g/mol. The highest BCUT2D eigenvalue weighted by Gasteiger charge is 2.20. The van der Waals surface area contributed by atoms with Gasteiger partial charge in [-0.2, -0.15) is 0 Å². The topological polar surface area (TPSA) is 55.6 Å². The Morgan fingerprint density at radius 1 is 1.25 bits per heavy atom. The molecule has 0 N–H and O–H groups in total. The molecule has 6 heteroatoms. The molecule has 0 spiro atoms. The fourth-order valence-corrected chi connectivity index (χ4v) is 3.07. The standard InChI is InChI=1S/C18H18N2O3S/c1-22-11-9-20(12-14-6-3-2-4-7-14)18(21)15-13-24-17(19-15)16-8-5-10-23-16/h2-8,10,13H,9,11-12H2,1H3. The summed E-state index contributed by atoms with van der Waals surface area (Å²) in [7, 11) is 1.63. The summed E-state index contributed by atoms with van der Waals surface area (Å²) in [6, 6.07) is 13.5. The summed E-state index contributed by atoms with van der Waals surface area (Å²) < 4.78 is 10.5. The molecule has 5 nitrogen and oxygen atoms in total. The van der Waals surface area contributed by atoms with Crippen molar-refractivity contribution in [1.82, 2.24) is 9.88 Å². The van der Waals surface area contributed by atoms with Crippen LogP contribution in [0.5, 0.6) is 0 Å². The number of furan rings is 1. The summed E-state index contributed by atoms with van der Waals surface area (Å²) >= 11 is 1.40. The number of carbonyl (C=O) groups is 1. The number of aromatic nitrogens is 1. The second-order valence-electron chi connectivity index (χ2n) is 5.22. The molecular weight excluding hydrogens is 324 g/mol. The first-order valence-corrected chi connectivity index (χ1v) is 8.47. The van der Waals surface area contributed by atoms with E-state index in [2.05, 4.69) is 4.98 Å². The van der Waals surface area contributed by atoms with Gasteiger partial charge < -0.3 is 14.1 Å². The Balaban J connectivity index is 1.77. The third kappa shape index (κ3) is 3.90. The van der Waals surface area contributed by atoms with Crippen LogP contribution >= 0.6 is 11.3 Å². The van der Waals surface area contributed by atoms with Crippen molar-refractivity contribution in [2.75, 3.05) is 20.3 Å². The van der Waals surface area contributed by atoms with E-state index in [1.807, 2.05) is 36.4 Å². The Labute approximate surface area is 144 Å². The molecule has 0 fully saturated rings. The summed E-state index contributed by atoms with van der Waals surface area (Å²) in [5.41, 5.74) is 1.50. The maximum atomic E-state index is 12.8. The summed E-state index contributed by atoms with van der Waals surface area (Å²) in [6.07, 6.45) is 1.60. The fraction of sp³-hybridized carbons (Fsp3) is 0.222. The van der Waals surface area contributed by atoms with Crippen LogP contribution < -0.4 is 0 Å². The van der Waals surface area contributed by atoms with Crippen molar-refractivity contribution in [2.24, 2.45) is 0 Å². The minimum Gasteiger partial charge on any atom is -0.462 e. The van der Waals surface area contributed by atoms with Crippen molar-refractivity contribution in [3.63, 3.8) is 0 Å². The predicted molar refractivity (Wildman–Crippen MR) is 92.9 cm³/mol. The van der Waals surface area contributed by atoms with Crippen LogP contribution in [0, 0.1) is 0 Å². The lowest BCUT2D eigenvalue weighted by molar-refractivity contribution is 0.0675. The Morgan fingerprint density at radius 3 is 2.79 bits per heavy atom. The molecule has 3 aromatic rings. The highest BCUT2D eigenvalue weighted by atomic mass is 32.1. The summed E-state index contributed by atoms with van der Waals surface area (Å²) in [5, 5.41) is 2.47. The number of nitrogens with zero attached hydrogens (tertiary/aromatic N) is 2. The monoisotopic (exact) mass is 342 g/mol. The van der Waals surface area contributed by atoms with Gasteiger partial charge in [0.1, 0.15) is 5.69 Å². The van der Waals surface area contributed by atoms with Crippen molar-refractivity contribution in [1.29, 1.82) is 0 Å². The second kappa shape index (κ2) is 7.90. The molecule has 1 amide bonds. The van der Waals surface area contributed by atoms with Crippen LogP contribution in [0.15, 0.2) is 58.5 Å². The lowest BCUT2D eigenvalue weighted by Gasteiger charge is -2.21. The summed E-state index contributed by atoms with van der Waals surface area (Å²) in [4.78, 5) is 19.0. The van der Waals surface area contributed by atoms with Gasteiger partial charge in [-0.3, -0.25) is 4.79 Å². The maximum absolute atomic E-state index is 12.8. The molecular formula is C18H18N2O3S. The molecule has 2 aromatic heterocycles. The molecule has 124 valence electrons. The zero-order chi connectivity index (χ0) is 16.8. The first kappa shape index (κ1) is 16.4. The molecule has 0 bridgehead atoms. The SMILES string of the molecule is COCCN(Cc1ccccc1)C(=O)c1csc(-c2ccco2)n1. The van der Waals surface area contributed by atoms with E-state index in [-0.39, 0.29) is 5.91 Å². The van der Waals surface area contributed by atoms with E-state index in [0.717, 1.165) is 5.56 Å². The van der Waals surface area contributed by atoms with Gasteiger partial charge in [-0.25, -0.2) is 4.98 Å². The van der Waals surface area contributed by atoms with Gasteiger partial charge in [0, 0.05) is 25.6 Å². The highest BCUT2D eigenvalue weighted by molar-refractivity contribution is 7.13. The Hall–Kier alpha value is -2.44. The molecule has 0 saturated carbocycles. The van der Waals surface area contributed by atoms with Crippen LogP contribution in [-0.2, 0) is 11.3 Å². The molecule has 1 aromatic carbocycles. The van der Waals surface area contributed by atoms with Gasteiger partial charge in [-0.05, 0) is 17.7 Å². The highest BCUT2D eigenvalue weighted by Crippen LogP contribution is 2.24. The van der Waals surface area contributed by atoms with Gasteiger partial charge in [0.05, 0.1) is 12.9 Å². The minimum atomic E-state index is -0.107. The second-order valence-corrected chi connectivity index (χ2v) is 6.08. The number of methoxy groups -OCH3 is 1. The minimum absolute atomic E-state index is 0.107. The number of rotatable bonds is 7. The Kier molecular flexibility index (Phi) is 5.40. The number of hydrogen-bond acceptors (Lipinski definition) is 5. The van der Waals surface area contributed by atoms with Crippen molar-refractivity contribution in [3.05, 3.63) is 65.4 Å². The normalized spacial score (nSPS) is 10.7. The third-order valence-corrected chi connectivity index (χ3v) is 4.38. The van der Waals surface area contributed by atoms with Crippen LogP contribution in [0.2, 0.25) is 0 Å². The van der Waals surface area contributed by atoms with Gasteiger partial charge in [0.15, 0.2) is 10.8 Å². The van der Waals surface area contributed by atoms with E-state index >= 15 is 0 Å². The van der Waals surface area contributed by atoms with Crippen LogP contribution in [-0.4, -0.2) is 36.1 Å². The predicted octanol–water partition coefficient (Wildman–Crippen LogP) is 3.69. The molecule has 0 radical (unpaired) electrons. The molecule has 0 unspecified atom stereocenters. The zero-order valence-electron chi connectivity index (χ0n) is 13.3. The van der Waals surface area contributed by atoms with E-state index in [4.69, 9.17) is 9.15 Å². The van der Waals surface area contributed by atoms with Crippen molar-refractivity contribution >= 4 is 17.2 Å². The first-order chi connectivity index (χ1) is 11.8. The first-order valence-electron chi connectivity index (χ1n) is 7.59. The summed E-state index contributed by atoms with van der Waals surface area (Å²) in [6.45, 7) is 1.52. The maximum Gasteiger partial charge on any atom is 0.273 e. The molecule has 2 heterocycles. The smallest absolute Gasteiger partial charge is 0.273 e. The lowest BCUT2D eigenvalue weighted by Crippen LogP contribution is -2.33. The molecule has 0 aliphatic heterocycles. The van der Waals surface area contributed by atoms with Gasteiger partial charge in [-0.1, -0.05) is 30.3 Å². The van der Waals surface area contributed by atoms with E-state index in [9.17, 15) is 4.79 Å². The molecule has 0 aliphatic carbocycles. The van der Waals surface area contributed by atoms with E-state index in [0.29, 0.717) is 36.2 Å². The quantitative estimate of drug-likeness (QED) is 0.657. The Morgan fingerprint density at radius 2 is 2.08 bits per heavy atom. The molecule has 0 saturated heterocycles. The molecule has 0 atom stereocenters. The van der Waals surface area contributed by atoms with Crippen LogP contribution in [0.4, 0.5) is 0 Å². The number of ether oxygens (including phenoxy) is 1. The van der Waals surface area contributed by atoms with Gasteiger partial charge in [-0.15, -0.1) is 11.3 Å². The van der Waals surface area contributed by atoms with Crippen LogP contribution in [0.3, 0.4) is 0 Å².